The van der Waals surface area contributed by atoms with Crippen LogP contribution in [0.4, 0.5) is 0 Å². The number of methoxy groups -OCH3 is 1. The van der Waals surface area contributed by atoms with E-state index in [9.17, 15) is 14.4 Å². The molecular formula is C16H17NO4. The third-order valence-electron chi connectivity index (χ3n) is 7.25. The third-order valence-corrected chi connectivity index (χ3v) is 7.25. The van der Waals surface area contributed by atoms with Gasteiger partial charge in [-0.15, -0.1) is 0 Å². The molecule has 6 aliphatic rings. The lowest BCUT2D eigenvalue weighted by molar-refractivity contribution is -0.165. The van der Waals surface area contributed by atoms with Crippen molar-refractivity contribution in [3.05, 3.63) is 12.2 Å². The Morgan fingerprint density at radius 1 is 1.14 bits per heavy atom. The summed E-state index contributed by atoms with van der Waals surface area (Å²) in [6, 6.07) is 0. The molecule has 0 radical (unpaired) electrons. The first-order valence-electron chi connectivity index (χ1n) is 7.56. The quantitative estimate of drug-likeness (QED) is 0.405. The van der Waals surface area contributed by atoms with Crippen LogP contribution in [0.1, 0.15) is 19.3 Å². The molecule has 4 saturated carbocycles. The second kappa shape index (κ2) is 2.94. The monoisotopic (exact) mass is 287 g/mol. The molecule has 1 saturated heterocycles. The number of carbonyl (C=O) groups is 3. The molecule has 5 nitrogen and oxygen atoms in total. The highest BCUT2D eigenvalue weighted by Gasteiger charge is 2.91. The van der Waals surface area contributed by atoms with Crippen molar-refractivity contribution >= 4 is 17.8 Å². The Labute approximate surface area is 122 Å². The summed E-state index contributed by atoms with van der Waals surface area (Å²) in [5, 5.41) is 0. The number of rotatable bonds is 1. The maximum absolute atomic E-state index is 12.9. The Kier molecular flexibility index (Phi) is 1.67. The predicted octanol–water partition coefficient (Wildman–Crippen LogP) is 0.747. The predicted molar refractivity (Wildman–Crippen MR) is 70.6 cm³/mol. The Balaban J connectivity index is 1.84. The molecule has 110 valence electrons. The zero-order valence-electron chi connectivity index (χ0n) is 12.1. The van der Waals surface area contributed by atoms with Gasteiger partial charge < -0.3 is 4.74 Å². The van der Waals surface area contributed by atoms with Crippen LogP contribution in [-0.4, -0.2) is 36.8 Å². The largest absolute Gasteiger partial charge is 0.469 e. The zero-order valence-corrected chi connectivity index (χ0v) is 12.1. The Hall–Kier alpha value is -1.65. The van der Waals surface area contributed by atoms with Crippen molar-refractivity contribution in [2.24, 2.45) is 34.0 Å². The molecule has 0 N–H and O–H groups in total. The average Bonchev–Trinajstić information content (AvgIpc) is 3.10. The molecule has 2 unspecified atom stereocenters. The fourth-order valence-corrected chi connectivity index (χ4v) is 7.04. The van der Waals surface area contributed by atoms with E-state index in [1.54, 1.807) is 7.05 Å². The molecule has 1 aliphatic heterocycles. The van der Waals surface area contributed by atoms with Crippen LogP contribution in [0.5, 0.6) is 0 Å². The number of likely N-dealkylation sites (tertiary alicyclic amines) is 1. The molecule has 0 aromatic carbocycles. The summed E-state index contributed by atoms with van der Waals surface area (Å²) < 4.78 is 5.10. The summed E-state index contributed by atoms with van der Waals surface area (Å²) in [4.78, 5) is 39.8. The van der Waals surface area contributed by atoms with E-state index in [1.807, 2.05) is 12.2 Å². The van der Waals surface area contributed by atoms with Gasteiger partial charge in [0.2, 0.25) is 11.8 Å². The molecule has 6 bridgehead atoms. The first kappa shape index (κ1) is 12.0. The topological polar surface area (TPSA) is 63.7 Å². The van der Waals surface area contributed by atoms with Gasteiger partial charge in [-0.25, -0.2) is 0 Å². The SMILES string of the molecule is COC(=O)C12CC3C[C@@]45C(=O)N(C)C(=O)[C@]4(C3)[C@@H]1C=C[C@@H]25. The van der Waals surface area contributed by atoms with Gasteiger partial charge in [0, 0.05) is 18.9 Å². The first-order valence-corrected chi connectivity index (χ1v) is 7.56. The number of ether oxygens (including phenoxy) is 1. The van der Waals surface area contributed by atoms with Crippen molar-refractivity contribution in [2.45, 2.75) is 19.3 Å². The van der Waals surface area contributed by atoms with E-state index in [0.29, 0.717) is 0 Å². The molecule has 5 fully saturated rings. The fraction of sp³-hybridized carbons (Fsp3) is 0.688. The lowest BCUT2D eigenvalue weighted by Crippen LogP contribution is -2.51. The Morgan fingerprint density at radius 2 is 1.67 bits per heavy atom. The summed E-state index contributed by atoms with van der Waals surface area (Å²) in [6.07, 6.45) is 6.31. The lowest BCUT2D eigenvalue weighted by atomic mass is 9.59. The Morgan fingerprint density at radius 3 is 2.14 bits per heavy atom. The molecular weight excluding hydrogens is 270 g/mol. The number of esters is 1. The maximum atomic E-state index is 12.9. The molecule has 6 rings (SSSR count). The third kappa shape index (κ3) is 0.779. The van der Waals surface area contributed by atoms with Gasteiger partial charge >= 0.3 is 5.97 Å². The smallest absolute Gasteiger partial charge is 0.313 e. The lowest BCUT2D eigenvalue weighted by Gasteiger charge is -2.44. The molecule has 2 spiro atoms. The number of nitrogens with zero attached hydrogens (tertiary/aromatic N) is 1. The molecule has 0 aromatic rings. The standard InChI is InChI=1S/C16H17NO4/c1-17-11(18)15-6-8-5-14(13(20)21-2)9(15)3-4-10(14)16(15,7-8)12(17)19/h3-4,8-10H,5-7H2,1-2H3/t8?,9-,10+,14?,15+,16-. The van der Waals surface area contributed by atoms with E-state index in [-0.39, 0.29) is 35.5 Å². The van der Waals surface area contributed by atoms with Crippen LogP contribution in [0.15, 0.2) is 12.2 Å². The molecule has 1 heterocycles. The maximum Gasteiger partial charge on any atom is 0.313 e. The van der Waals surface area contributed by atoms with Gasteiger partial charge in [0.25, 0.3) is 0 Å². The summed E-state index contributed by atoms with van der Waals surface area (Å²) >= 11 is 0. The van der Waals surface area contributed by atoms with Crippen LogP contribution in [0.2, 0.25) is 0 Å². The molecule has 5 aliphatic carbocycles. The van der Waals surface area contributed by atoms with Gasteiger partial charge in [-0.05, 0) is 25.2 Å². The van der Waals surface area contributed by atoms with Crippen LogP contribution >= 0.6 is 0 Å². The first-order chi connectivity index (χ1) is 9.96. The zero-order chi connectivity index (χ0) is 14.8. The summed E-state index contributed by atoms with van der Waals surface area (Å²) in [6.45, 7) is 0. The Bertz CT molecular complexity index is 625. The molecule has 5 heteroatoms. The van der Waals surface area contributed by atoms with Gasteiger partial charge in [0.15, 0.2) is 0 Å². The van der Waals surface area contributed by atoms with Crippen LogP contribution in [0, 0.1) is 34.0 Å². The van der Waals surface area contributed by atoms with Gasteiger partial charge in [0.1, 0.15) is 0 Å². The van der Waals surface area contributed by atoms with Crippen molar-refractivity contribution in [1.29, 1.82) is 0 Å². The molecule has 0 aromatic heterocycles. The van der Waals surface area contributed by atoms with Crippen molar-refractivity contribution in [2.75, 3.05) is 14.2 Å². The minimum Gasteiger partial charge on any atom is -0.469 e. The van der Waals surface area contributed by atoms with E-state index >= 15 is 0 Å². The normalized spacial score (nSPS) is 54.8. The van der Waals surface area contributed by atoms with Crippen molar-refractivity contribution in [3.63, 3.8) is 0 Å². The summed E-state index contributed by atoms with van der Waals surface area (Å²) in [5.41, 5.74) is -2.01. The second-order valence-corrected chi connectivity index (χ2v) is 7.46. The van der Waals surface area contributed by atoms with Crippen LogP contribution in [0.25, 0.3) is 0 Å². The number of imide groups is 1. The molecule has 6 atom stereocenters. The van der Waals surface area contributed by atoms with Gasteiger partial charge in [-0.2, -0.15) is 0 Å². The average molecular weight is 287 g/mol. The number of allylic oxidation sites excluding steroid dienone is 2. The highest BCUT2D eigenvalue weighted by atomic mass is 16.5. The second-order valence-electron chi connectivity index (χ2n) is 7.46. The molecule has 2 amide bonds. The van der Waals surface area contributed by atoms with E-state index in [0.717, 1.165) is 19.3 Å². The van der Waals surface area contributed by atoms with Crippen LogP contribution < -0.4 is 0 Å². The highest BCUT2D eigenvalue weighted by molar-refractivity contribution is 6.13. The number of carbonyl (C=O) groups excluding carboxylic acids is 3. The van der Waals surface area contributed by atoms with Crippen molar-refractivity contribution in [1.82, 2.24) is 4.90 Å². The molecule has 21 heavy (non-hydrogen) atoms. The van der Waals surface area contributed by atoms with Crippen LogP contribution in [0.3, 0.4) is 0 Å². The minimum absolute atomic E-state index is 0.0696. The fourth-order valence-electron chi connectivity index (χ4n) is 7.04. The van der Waals surface area contributed by atoms with Crippen LogP contribution in [-0.2, 0) is 19.1 Å². The van der Waals surface area contributed by atoms with E-state index in [4.69, 9.17) is 4.74 Å². The van der Waals surface area contributed by atoms with E-state index < -0.39 is 16.2 Å². The van der Waals surface area contributed by atoms with E-state index in [2.05, 4.69) is 0 Å². The van der Waals surface area contributed by atoms with Gasteiger partial charge in [-0.3, -0.25) is 19.3 Å². The van der Waals surface area contributed by atoms with E-state index in [1.165, 1.54) is 12.0 Å². The minimum atomic E-state index is -0.671. The number of hydrogen-bond donors (Lipinski definition) is 0. The van der Waals surface area contributed by atoms with Crippen molar-refractivity contribution < 1.29 is 19.1 Å². The number of amides is 2. The van der Waals surface area contributed by atoms with Gasteiger partial charge in [0.05, 0.1) is 23.4 Å². The van der Waals surface area contributed by atoms with Gasteiger partial charge in [-0.1, -0.05) is 12.2 Å². The number of hydrogen-bond acceptors (Lipinski definition) is 4. The highest BCUT2D eigenvalue weighted by Crippen LogP contribution is 2.86. The van der Waals surface area contributed by atoms with Crippen molar-refractivity contribution in [3.8, 4) is 0 Å². The summed E-state index contributed by atoms with van der Waals surface area (Å²) in [5.74, 6) is -0.411. The summed E-state index contributed by atoms with van der Waals surface area (Å²) in [7, 11) is 3.00.